The minimum Gasteiger partial charge on any atom is -0.391 e. The van der Waals surface area contributed by atoms with Gasteiger partial charge in [0.15, 0.2) is 10.9 Å². The number of thiazole rings is 1. The van der Waals surface area contributed by atoms with Crippen molar-refractivity contribution in [1.29, 1.82) is 0 Å². The molecular weight excluding hydrogens is 506 g/mol. The Labute approximate surface area is 214 Å². The molecule has 12 nitrogen and oxygen atoms in total. The van der Waals surface area contributed by atoms with Crippen molar-refractivity contribution >= 4 is 46.0 Å². The summed E-state index contributed by atoms with van der Waals surface area (Å²) < 4.78 is 27.6. The van der Waals surface area contributed by atoms with Crippen LogP contribution in [0.2, 0.25) is 0 Å². The number of aliphatic hydroxyl groups excluding tert-OH is 1. The number of H-pyrrole nitrogens is 1. The van der Waals surface area contributed by atoms with Gasteiger partial charge in [0.05, 0.1) is 6.10 Å². The van der Waals surface area contributed by atoms with Gasteiger partial charge in [0.1, 0.15) is 6.04 Å². The maximum absolute atomic E-state index is 13.8. The van der Waals surface area contributed by atoms with Crippen LogP contribution in [0.3, 0.4) is 0 Å². The Kier molecular flexibility index (Phi) is 6.10. The van der Waals surface area contributed by atoms with Crippen molar-refractivity contribution in [3.8, 4) is 0 Å². The number of nitrogens with zero attached hydrogens (tertiary/aromatic N) is 7. The van der Waals surface area contributed by atoms with Crippen molar-refractivity contribution < 1.29 is 18.7 Å². The highest BCUT2D eigenvalue weighted by Gasteiger charge is 2.39. The standard InChI is InChI=1S/C22H26F2N10O2S/c23-22(24)3-6-33(7-4-22)19-28-18(26-16-10-14(31-32-16)12-1-2-12)29-20(30-19)34-11-13(35)9-15(34)17(36)27-21-25-5-8-37-21/h5,8,10,12-13,15,35H,1-4,6-7,9,11H2,(H,25,27,36)(H2,26,28,29,30,31,32)/t13-,15-/m0/s1. The number of carbonyl (C=O) groups excluding carboxylic acids is 1. The number of amides is 1. The number of aromatic amines is 1. The van der Waals surface area contributed by atoms with Crippen LogP contribution in [-0.2, 0) is 4.79 Å². The third kappa shape index (κ3) is 5.32. The van der Waals surface area contributed by atoms with Crippen LogP contribution in [0.15, 0.2) is 17.6 Å². The lowest BCUT2D eigenvalue weighted by atomic mass is 10.1. The number of anilines is 5. The minimum atomic E-state index is -2.72. The summed E-state index contributed by atoms with van der Waals surface area (Å²) in [6.07, 6.45) is 2.62. The van der Waals surface area contributed by atoms with E-state index in [1.807, 2.05) is 6.07 Å². The van der Waals surface area contributed by atoms with Gasteiger partial charge < -0.3 is 25.5 Å². The molecule has 0 bridgehead atoms. The van der Waals surface area contributed by atoms with Crippen LogP contribution in [0.1, 0.15) is 43.7 Å². The Balaban J connectivity index is 1.30. The molecule has 37 heavy (non-hydrogen) atoms. The van der Waals surface area contributed by atoms with Crippen molar-refractivity contribution in [2.24, 2.45) is 0 Å². The van der Waals surface area contributed by atoms with Crippen LogP contribution in [0.4, 0.5) is 37.6 Å². The average Bonchev–Trinajstić information content (AvgIpc) is 3.22. The van der Waals surface area contributed by atoms with Gasteiger partial charge in [0.2, 0.25) is 23.8 Å². The highest BCUT2D eigenvalue weighted by Crippen LogP contribution is 2.39. The van der Waals surface area contributed by atoms with Crippen LogP contribution in [0.25, 0.3) is 0 Å². The molecule has 0 aromatic carbocycles. The molecule has 1 aliphatic carbocycles. The monoisotopic (exact) mass is 532 g/mol. The molecule has 3 aliphatic rings. The van der Waals surface area contributed by atoms with Crippen LogP contribution in [0.5, 0.6) is 0 Å². The van der Waals surface area contributed by atoms with Gasteiger partial charge in [-0.1, -0.05) is 0 Å². The normalized spacial score (nSPS) is 23.3. The van der Waals surface area contributed by atoms with Crippen LogP contribution in [0, 0.1) is 0 Å². The number of β-amino-alcohol motifs (C(OH)–C–C–N with tert-alkyl or cyclic N) is 1. The molecule has 2 aliphatic heterocycles. The summed E-state index contributed by atoms with van der Waals surface area (Å²) in [5.41, 5.74) is 1.02. The Hall–Kier alpha value is -3.46. The average molecular weight is 533 g/mol. The molecule has 4 N–H and O–H groups in total. The smallest absolute Gasteiger partial charge is 0.251 e. The molecule has 2 saturated heterocycles. The van der Waals surface area contributed by atoms with Gasteiger partial charge in [-0.25, -0.2) is 13.8 Å². The first-order valence-corrected chi connectivity index (χ1v) is 13.1. The second kappa shape index (κ2) is 9.45. The van der Waals surface area contributed by atoms with Crippen molar-refractivity contribution in [2.75, 3.05) is 40.1 Å². The Bertz CT molecular complexity index is 1260. The largest absolute Gasteiger partial charge is 0.391 e. The van der Waals surface area contributed by atoms with Crippen molar-refractivity contribution in [3.63, 3.8) is 0 Å². The van der Waals surface area contributed by atoms with Gasteiger partial charge in [-0.15, -0.1) is 11.3 Å². The zero-order valence-corrected chi connectivity index (χ0v) is 20.6. The number of aliphatic hydroxyl groups is 1. The number of rotatable bonds is 7. The SMILES string of the molecule is O=C(Nc1nccs1)[C@@H]1C[C@H](O)CN1c1nc(Nc2cc(C3CC3)[nH]n2)nc(N2CCC(F)(F)CC2)n1. The van der Waals surface area contributed by atoms with Crippen LogP contribution >= 0.6 is 11.3 Å². The van der Waals surface area contributed by atoms with Gasteiger partial charge in [-0.05, 0) is 12.8 Å². The highest BCUT2D eigenvalue weighted by atomic mass is 32.1. The van der Waals surface area contributed by atoms with Crippen LogP contribution in [-0.4, -0.2) is 78.8 Å². The molecule has 196 valence electrons. The second-order valence-corrected chi connectivity index (χ2v) is 10.5. The number of hydrogen-bond acceptors (Lipinski definition) is 11. The summed E-state index contributed by atoms with van der Waals surface area (Å²) in [7, 11) is 0. The van der Waals surface area contributed by atoms with E-state index >= 15 is 0 Å². The summed E-state index contributed by atoms with van der Waals surface area (Å²) in [6.45, 7) is 0.298. The summed E-state index contributed by atoms with van der Waals surface area (Å²) >= 11 is 1.29. The molecule has 6 rings (SSSR count). The minimum absolute atomic E-state index is 0.0840. The molecule has 3 aromatic heterocycles. The van der Waals surface area contributed by atoms with Crippen molar-refractivity contribution in [2.45, 2.75) is 56.1 Å². The van der Waals surface area contributed by atoms with E-state index in [9.17, 15) is 18.7 Å². The Morgan fingerprint density at radius 1 is 1.19 bits per heavy atom. The van der Waals surface area contributed by atoms with Gasteiger partial charge in [0.25, 0.3) is 5.92 Å². The Morgan fingerprint density at radius 2 is 1.97 bits per heavy atom. The summed E-state index contributed by atoms with van der Waals surface area (Å²) in [6, 6.07) is 1.14. The summed E-state index contributed by atoms with van der Waals surface area (Å²) in [4.78, 5) is 34.0. The lowest BCUT2D eigenvalue weighted by molar-refractivity contribution is -0.117. The van der Waals surface area contributed by atoms with E-state index in [-0.39, 0.29) is 62.6 Å². The molecule has 1 saturated carbocycles. The fourth-order valence-electron chi connectivity index (χ4n) is 4.59. The number of alkyl halides is 2. The molecule has 3 fully saturated rings. The first-order chi connectivity index (χ1) is 17.8. The number of aromatic nitrogens is 6. The third-order valence-electron chi connectivity index (χ3n) is 6.75. The quantitative estimate of drug-likeness (QED) is 0.358. The first-order valence-electron chi connectivity index (χ1n) is 12.2. The summed E-state index contributed by atoms with van der Waals surface area (Å²) in [5.74, 6) is -1.51. The van der Waals surface area contributed by atoms with Gasteiger partial charge >= 0.3 is 0 Å². The molecule has 0 spiro atoms. The lowest BCUT2D eigenvalue weighted by Gasteiger charge is -2.32. The topological polar surface area (TPSA) is 148 Å². The molecule has 0 radical (unpaired) electrons. The molecular formula is C22H26F2N10O2S. The second-order valence-electron chi connectivity index (χ2n) is 9.59. The predicted octanol–water partition coefficient (Wildman–Crippen LogP) is 2.49. The number of carbonyl (C=O) groups is 1. The fourth-order valence-corrected chi connectivity index (χ4v) is 5.12. The number of hydrogen-bond donors (Lipinski definition) is 4. The molecule has 1 amide bonds. The molecule has 3 aromatic rings. The third-order valence-corrected chi connectivity index (χ3v) is 7.43. The van der Waals surface area contributed by atoms with E-state index < -0.39 is 18.1 Å². The zero-order valence-electron chi connectivity index (χ0n) is 19.8. The van der Waals surface area contributed by atoms with E-state index in [0.29, 0.717) is 16.9 Å². The molecule has 2 atom stereocenters. The maximum Gasteiger partial charge on any atom is 0.251 e. The fraction of sp³-hybridized carbons (Fsp3) is 0.545. The highest BCUT2D eigenvalue weighted by molar-refractivity contribution is 7.13. The van der Waals surface area contributed by atoms with E-state index in [1.165, 1.54) is 11.3 Å². The van der Waals surface area contributed by atoms with Crippen molar-refractivity contribution in [3.05, 3.63) is 23.3 Å². The zero-order chi connectivity index (χ0) is 25.6. The van der Waals surface area contributed by atoms with Crippen LogP contribution < -0.4 is 20.4 Å². The first kappa shape index (κ1) is 23.9. The van der Waals surface area contributed by atoms with E-state index in [4.69, 9.17) is 0 Å². The van der Waals surface area contributed by atoms with E-state index in [1.54, 1.807) is 21.4 Å². The van der Waals surface area contributed by atoms with E-state index in [0.717, 1.165) is 18.5 Å². The molecule has 15 heteroatoms. The maximum atomic E-state index is 13.8. The van der Waals surface area contributed by atoms with Gasteiger partial charge in [-0.2, -0.15) is 20.1 Å². The summed E-state index contributed by atoms with van der Waals surface area (Å²) in [5, 5.41) is 25.8. The van der Waals surface area contributed by atoms with Gasteiger partial charge in [0, 0.05) is 68.2 Å². The van der Waals surface area contributed by atoms with E-state index in [2.05, 4.69) is 40.8 Å². The Morgan fingerprint density at radius 3 is 2.70 bits per heavy atom. The van der Waals surface area contributed by atoms with Gasteiger partial charge in [-0.3, -0.25) is 9.89 Å². The number of nitrogens with one attached hydrogen (secondary N) is 3. The molecule has 0 unspecified atom stereocenters. The van der Waals surface area contributed by atoms with Crippen molar-refractivity contribution in [1.82, 2.24) is 30.1 Å². The number of halogens is 2. The number of piperidine rings is 1. The lowest BCUT2D eigenvalue weighted by Crippen LogP contribution is -2.42. The predicted molar refractivity (Wildman–Crippen MR) is 133 cm³/mol. The molecule has 5 heterocycles.